The van der Waals surface area contributed by atoms with Crippen LogP contribution in [-0.4, -0.2) is 15.0 Å². The third-order valence-electron chi connectivity index (χ3n) is 3.91. The van der Waals surface area contributed by atoms with Gasteiger partial charge < -0.3 is 4.98 Å². The van der Waals surface area contributed by atoms with Gasteiger partial charge >= 0.3 is 51.4 Å². The molecule has 1 spiro atoms. The maximum atomic E-state index is 4.69. The Morgan fingerprint density at radius 2 is 2.00 bits per heavy atom. The van der Waals surface area contributed by atoms with Gasteiger partial charge in [-0.25, -0.2) is 9.97 Å². The van der Waals surface area contributed by atoms with Crippen LogP contribution in [0.2, 0.25) is 0 Å². The molecule has 1 fully saturated rings. The summed E-state index contributed by atoms with van der Waals surface area (Å²) >= 11 is 0. The summed E-state index contributed by atoms with van der Waals surface area (Å²) in [6, 6.07) is 2.07. The van der Waals surface area contributed by atoms with Crippen LogP contribution in [0, 0.1) is 20.0 Å². The molecular weight excluding hydrogens is 249 g/mol. The van der Waals surface area contributed by atoms with E-state index in [2.05, 4.69) is 34.1 Å². The molecule has 0 N–H and O–H groups in total. The molecule has 2 aliphatic carbocycles. The number of hydrogen-bond donors (Lipinski definition) is 0. The zero-order valence-electron chi connectivity index (χ0n) is 10.9. The Bertz CT molecular complexity index is 647. The number of aryl methyl sites for hydroxylation is 2. The van der Waals surface area contributed by atoms with Crippen LogP contribution in [0.1, 0.15) is 35.6 Å². The fraction of sp³-hybridized carbons (Fsp3) is 0.357. The first kappa shape index (κ1) is 12.9. The van der Waals surface area contributed by atoms with Crippen molar-refractivity contribution in [2.75, 3.05) is 0 Å². The fourth-order valence-corrected chi connectivity index (χ4v) is 3.04. The Morgan fingerprint density at radius 1 is 1.22 bits per heavy atom. The molecule has 0 amide bonds. The zero-order chi connectivity index (χ0) is 11.6. The minimum atomic E-state index is 0. The summed E-state index contributed by atoms with van der Waals surface area (Å²) in [5, 5.41) is 0. The van der Waals surface area contributed by atoms with Gasteiger partial charge in [-0.05, 0) is 32.3 Å². The SMILES string of the molecule is Cc1nc(C)c2c(n1)C1(CC1)c1[c-]nccc1-2.[K+]. The largest absolute Gasteiger partial charge is 1.00 e. The van der Waals surface area contributed by atoms with Crippen molar-refractivity contribution in [3.63, 3.8) is 0 Å². The van der Waals surface area contributed by atoms with E-state index in [4.69, 9.17) is 0 Å². The first-order valence-corrected chi connectivity index (χ1v) is 5.96. The van der Waals surface area contributed by atoms with E-state index in [0.29, 0.717) is 0 Å². The monoisotopic (exact) mass is 261 g/mol. The summed E-state index contributed by atoms with van der Waals surface area (Å²) in [4.78, 5) is 13.3. The van der Waals surface area contributed by atoms with E-state index in [9.17, 15) is 0 Å². The van der Waals surface area contributed by atoms with E-state index in [-0.39, 0.29) is 56.8 Å². The van der Waals surface area contributed by atoms with Crippen LogP contribution in [0.3, 0.4) is 0 Å². The summed E-state index contributed by atoms with van der Waals surface area (Å²) < 4.78 is 0. The van der Waals surface area contributed by atoms with Crippen molar-refractivity contribution in [3.05, 3.63) is 41.2 Å². The van der Waals surface area contributed by atoms with Gasteiger partial charge in [0.1, 0.15) is 5.82 Å². The average Bonchev–Trinajstić information content (AvgIpc) is 3.04. The maximum Gasteiger partial charge on any atom is 1.00 e. The maximum absolute atomic E-state index is 4.69. The molecule has 0 bridgehead atoms. The Hall–Kier alpha value is -0.134. The van der Waals surface area contributed by atoms with E-state index < -0.39 is 0 Å². The number of pyridine rings is 1. The van der Waals surface area contributed by atoms with Crippen LogP contribution in [0.5, 0.6) is 0 Å². The Balaban J connectivity index is 0.000001000. The molecule has 84 valence electrons. The van der Waals surface area contributed by atoms with Crippen LogP contribution in [0.4, 0.5) is 0 Å². The summed E-state index contributed by atoms with van der Waals surface area (Å²) in [6.45, 7) is 4.04. The molecule has 0 atom stereocenters. The van der Waals surface area contributed by atoms with Crippen molar-refractivity contribution in [1.29, 1.82) is 0 Å². The van der Waals surface area contributed by atoms with Crippen molar-refractivity contribution in [1.82, 2.24) is 15.0 Å². The molecule has 0 aromatic carbocycles. The molecule has 2 heterocycles. The van der Waals surface area contributed by atoms with Gasteiger partial charge in [0, 0.05) is 16.8 Å². The summed E-state index contributed by atoms with van der Waals surface area (Å²) in [7, 11) is 0. The minimum absolute atomic E-state index is 0. The standard InChI is InChI=1S/C14H12N3.K/c1-8-12-10-3-6-15-7-11(10)14(4-5-14)13(12)17-9(2)16-8;/h3,6H,4-5H2,1-2H3;/q-1;+1. The van der Waals surface area contributed by atoms with Gasteiger partial charge in [-0.1, -0.05) is 12.4 Å². The van der Waals surface area contributed by atoms with Gasteiger partial charge in [0.25, 0.3) is 0 Å². The molecule has 4 heteroatoms. The van der Waals surface area contributed by atoms with E-state index in [1.54, 1.807) is 0 Å². The van der Waals surface area contributed by atoms with Gasteiger partial charge in [-0.15, -0.1) is 17.2 Å². The average molecular weight is 261 g/mol. The number of aromatic nitrogens is 3. The second-order valence-electron chi connectivity index (χ2n) is 5.01. The molecule has 1 saturated carbocycles. The third-order valence-corrected chi connectivity index (χ3v) is 3.91. The van der Waals surface area contributed by atoms with Crippen LogP contribution < -0.4 is 51.4 Å². The minimum Gasteiger partial charge on any atom is -0.394 e. The van der Waals surface area contributed by atoms with E-state index >= 15 is 0 Å². The number of rotatable bonds is 0. The molecule has 0 unspecified atom stereocenters. The molecule has 0 saturated heterocycles. The molecule has 0 radical (unpaired) electrons. The van der Waals surface area contributed by atoms with Gasteiger partial charge in [0.15, 0.2) is 0 Å². The molecule has 18 heavy (non-hydrogen) atoms. The van der Waals surface area contributed by atoms with E-state index in [1.807, 2.05) is 13.1 Å². The van der Waals surface area contributed by atoms with Crippen LogP contribution >= 0.6 is 0 Å². The first-order chi connectivity index (χ1) is 8.22. The predicted octanol–water partition coefficient (Wildman–Crippen LogP) is -0.647. The van der Waals surface area contributed by atoms with E-state index in [0.717, 1.165) is 11.5 Å². The van der Waals surface area contributed by atoms with E-state index in [1.165, 1.54) is 35.2 Å². The quantitative estimate of drug-likeness (QED) is 0.467. The molecular formula is C14H12KN3. The molecule has 2 aromatic heterocycles. The molecule has 4 rings (SSSR count). The molecule has 2 aliphatic rings. The second-order valence-corrected chi connectivity index (χ2v) is 5.01. The van der Waals surface area contributed by atoms with Crippen molar-refractivity contribution < 1.29 is 51.4 Å². The summed E-state index contributed by atoms with van der Waals surface area (Å²) in [5.41, 5.74) is 6.11. The van der Waals surface area contributed by atoms with Gasteiger partial charge in [-0.3, -0.25) is 0 Å². The topological polar surface area (TPSA) is 38.7 Å². The predicted molar refractivity (Wildman–Crippen MR) is 63.6 cm³/mol. The van der Waals surface area contributed by atoms with Crippen molar-refractivity contribution in [2.45, 2.75) is 32.1 Å². The number of nitrogens with zero attached hydrogens (tertiary/aromatic N) is 3. The Kier molecular flexibility index (Phi) is 2.99. The second kappa shape index (κ2) is 4.18. The van der Waals surface area contributed by atoms with Crippen molar-refractivity contribution in [3.8, 4) is 11.1 Å². The fourth-order valence-electron chi connectivity index (χ4n) is 3.04. The van der Waals surface area contributed by atoms with Crippen LogP contribution in [0.25, 0.3) is 11.1 Å². The molecule has 0 aliphatic heterocycles. The first-order valence-electron chi connectivity index (χ1n) is 5.96. The number of fused-ring (bicyclic) bond motifs is 5. The van der Waals surface area contributed by atoms with Gasteiger partial charge in [-0.2, -0.15) is 0 Å². The summed E-state index contributed by atoms with van der Waals surface area (Å²) in [5.74, 6) is 0.869. The van der Waals surface area contributed by atoms with Gasteiger partial charge in [0.05, 0.1) is 0 Å². The Morgan fingerprint density at radius 3 is 2.72 bits per heavy atom. The van der Waals surface area contributed by atoms with Gasteiger partial charge in [0.2, 0.25) is 0 Å². The Labute approximate surface area is 149 Å². The van der Waals surface area contributed by atoms with Crippen molar-refractivity contribution >= 4 is 0 Å². The third kappa shape index (κ3) is 1.53. The zero-order valence-corrected chi connectivity index (χ0v) is 14.0. The normalized spacial score (nSPS) is 17.0. The smallest absolute Gasteiger partial charge is 0.394 e. The summed E-state index contributed by atoms with van der Waals surface area (Å²) in [6.07, 6.45) is 7.33. The van der Waals surface area contributed by atoms with Crippen molar-refractivity contribution in [2.24, 2.45) is 0 Å². The number of hydrogen-bond acceptors (Lipinski definition) is 3. The molecule has 2 aromatic rings. The molecule has 3 nitrogen and oxygen atoms in total. The van der Waals surface area contributed by atoms with Crippen LogP contribution in [0.15, 0.2) is 12.3 Å². The van der Waals surface area contributed by atoms with Crippen LogP contribution in [-0.2, 0) is 5.41 Å².